The van der Waals surface area contributed by atoms with Gasteiger partial charge in [-0.3, -0.25) is 4.79 Å². The summed E-state index contributed by atoms with van der Waals surface area (Å²) in [6, 6.07) is 11.5. The van der Waals surface area contributed by atoms with Crippen molar-refractivity contribution < 1.29 is 13.9 Å². The van der Waals surface area contributed by atoms with Crippen LogP contribution in [0.1, 0.15) is 51.0 Å². The number of hydrogen-bond donors (Lipinski definition) is 1. The Labute approximate surface area is 172 Å². The van der Waals surface area contributed by atoms with E-state index in [1.807, 2.05) is 43.9 Å². The SMILES string of the molecule is Cc1nc(N2CCO[C@H](c3ccccc3)CC2)cc(F)c1NC(=O)CC(C)(C)C. The molecule has 6 heteroatoms. The molecule has 1 atom stereocenters. The van der Waals surface area contributed by atoms with Crippen LogP contribution in [0.3, 0.4) is 0 Å². The van der Waals surface area contributed by atoms with Crippen LogP contribution in [-0.2, 0) is 9.53 Å². The van der Waals surface area contributed by atoms with Crippen molar-refractivity contribution in [3.63, 3.8) is 0 Å². The number of nitrogens with zero attached hydrogens (tertiary/aromatic N) is 2. The average molecular weight is 400 g/mol. The average Bonchev–Trinajstić information content (AvgIpc) is 2.90. The zero-order valence-corrected chi connectivity index (χ0v) is 17.7. The third-order valence-corrected chi connectivity index (χ3v) is 4.93. The van der Waals surface area contributed by atoms with E-state index >= 15 is 0 Å². The molecule has 1 saturated heterocycles. The minimum absolute atomic E-state index is 0.0307. The van der Waals surface area contributed by atoms with Gasteiger partial charge in [0.2, 0.25) is 5.91 Å². The van der Waals surface area contributed by atoms with Crippen molar-refractivity contribution in [2.45, 2.75) is 46.6 Å². The number of halogens is 1. The number of pyridine rings is 1. The number of aromatic nitrogens is 1. The zero-order valence-electron chi connectivity index (χ0n) is 17.7. The van der Waals surface area contributed by atoms with E-state index in [9.17, 15) is 9.18 Å². The summed E-state index contributed by atoms with van der Waals surface area (Å²) in [4.78, 5) is 18.8. The molecule has 1 fully saturated rings. The number of hydrogen-bond acceptors (Lipinski definition) is 4. The predicted octanol–water partition coefficient (Wildman–Crippen LogP) is 4.87. The van der Waals surface area contributed by atoms with Crippen molar-refractivity contribution in [3.8, 4) is 0 Å². The third kappa shape index (κ3) is 5.76. The number of carbonyl (C=O) groups excluding carboxylic acids is 1. The van der Waals surface area contributed by atoms with Crippen LogP contribution < -0.4 is 10.2 Å². The highest BCUT2D eigenvalue weighted by molar-refractivity contribution is 5.91. The molecule has 0 unspecified atom stereocenters. The van der Waals surface area contributed by atoms with Crippen LogP contribution in [0.25, 0.3) is 0 Å². The number of benzene rings is 1. The highest BCUT2D eigenvalue weighted by Crippen LogP contribution is 2.28. The van der Waals surface area contributed by atoms with Gasteiger partial charge in [0, 0.05) is 25.6 Å². The van der Waals surface area contributed by atoms with Gasteiger partial charge in [0.05, 0.1) is 24.1 Å². The molecule has 5 nitrogen and oxygen atoms in total. The Balaban J connectivity index is 1.70. The van der Waals surface area contributed by atoms with Gasteiger partial charge >= 0.3 is 0 Å². The van der Waals surface area contributed by atoms with Crippen LogP contribution in [0.15, 0.2) is 36.4 Å². The lowest BCUT2D eigenvalue weighted by Crippen LogP contribution is -2.27. The van der Waals surface area contributed by atoms with Gasteiger partial charge in [0.1, 0.15) is 5.82 Å². The molecule has 29 heavy (non-hydrogen) atoms. The van der Waals surface area contributed by atoms with E-state index in [0.717, 1.165) is 18.5 Å². The van der Waals surface area contributed by atoms with Crippen molar-refractivity contribution in [1.29, 1.82) is 0 Å². The van der Waals surface area contributed by atoms with Crippen LogP contribution in [0.4, 0.5) is 15.9 Å². The van der Waals surface area contributed by atoms with Crippen molar-refractivity contribution >= 4 is 17.4 Å². The minimum Gasteiger partial charge on any atom is -0.372 e. The van der Waals surface area contributed by atoms with Crippen molar-refractivity contribution in [2.75, 3.05) is 29.9 Å². The van der Waals surface area contributed by atoms with Gasteiger partial charge in [-0.2, -0.15) is 0 Å². The van der Waals surface area contributed by atoms with E-state index in [0.29, 0.717) is 31.1 Å². The first-order valence-corrected chi connectivity index (χ1v) is 10.1. The monoisotopic (exact) mass is 399 g/mol. The molecule has 0 spiro atoms. The second-order valence-electron chi connectivity index (χ2n) is 8.75. The van der Waals surface area contributed by atoms with Crippen LogP contribution in [0.5, 0.6) is 0 Å². The fourth-order valence-electron chi connectivity index (χ4n) is 3.53. The largest absolute Gasteiger partial charge is 0.372 e. The summed E-state index contributed by atoms with van der Waals surface area (Å²) in [5, 5.41) is 2.69. The van der Waals surface area contributed by atoms with E-state index in [-0.39, 0.29) is 23.1 Å². The van der Waals surface area contributed by atoms with Crippen LogP contribution >= 0.6 is 0 Å². The first-order valence-electron chi connectivity index (χ1n) is 10.1. The van der Waals surface area contributed by atoms with E-state index in [1.165, 1.54) is 6.07 Å². The van der Waals surface area contributed by atoms with Crippen molar-refractivity contribution in [1.82, 2.24) is 4.98 Å². The van der Waals surface area contributed by atoms with Gasteiger partial charge in [-0.15, -0.1) is 0 Å². The van der Waals surface area contributed by atoms with E-state index < -0.39 is 5.82 Å². The van der Waals surface area contributed by atoms with Crippen molar-refractivity contribution in [2.24, 2.45) is 5.41 Å². The molecule has 1 aromatic heterocycles. The molecule has 1 aromatic carbocycles. The van der Waals surface area contributed by atoms with Gasteiger partial charge in [-0.1, -0.05) is 51.1 Å². The Morgan fingerprint density at radius 3 is 2.66 bits per heavy atom. The lowest BCUT2D eigenvalue weighted by Gasteiger charge is -2.23. The van der Waals surface area contributed by atoms with Crippen LogP contribution in [-0.4, -0.2) is 30.6 Å². The van der Waals surface area contributed by atoms with Crippen LogP contribution in [0.2, 0.25) is 0 Å². The predicted molar refractivity (Wildman–Crippen MR) is 114 cm³/mol. The Morgan fingerprint density at radius 2 is 2.00 bits per heavy atom. The van der Waals surface area contributed by atoms with Gasteiger partial charge in [-0.25, -0.2) is 9.37 Å². The van der Waals surface area contributed by atoms with Gasteiger partial charge < -0.3 is 15.0 Å². The second kappa shape index (κ2) is 8.91. The maximum Gasteiger partial charge on any atom is 0.225 e. The Bertz CT molecular complexity index is 826. The molecular weight excluding hydrogens is 369 g/mol. The minimum atomic E-state index is -0.459. The standard InChI is InChI=1S/C23H30FN3O2/c1-16-22(26-21(28)15-23(2,3)4)18(24)14-20(25-16)27-11-10-19(29-13-12-27)17-8-6-5-7-9-17/h5-9,14,19H,10-13,15H2,1-4H3,(H,26,28)/t19-/m0/s1. The quantitative estimate of drug-likeness (QED) is 0.797. The molecule has 2 heterocycles. The summed E-state index contributed by atoms with van der Waals surface area (Å²) >= 11 is 0. The third-order valence-electron chi connectivity index (χ3n) is 4.93. The fraction of sp³-hybridized carbons (Fsp3) is 0.478. The molecular formula is C23H30FN3O2. The molecule has 156 valence electrons. The number of amides is 1. The number of aryl methyl sites for hydroxylation is 1. The summed E-state index contributed by atoms with van der Waals surface area (Å²) in [5.41, 5.74) is 1.63. The molecule has 3 rings (SSSR count). The molecule has 1 amide bonds. The number of nitrogens with one attached hydrogen (secondary N) is 1. The lowest BCUT2D eigenvalue weighted by atomic mass is 9.92. The molecule has 0 radical (unpaired) electrons. The second-order valence-corrected chi connectivity index (χ2v) is 8.75. The highest BCUT2D eigenvalue weighted by atomic mass is 19.1. The van der Waals surface area contributed by atoms with E-state index in [1.54, 1.807) is 6.92 Å². The number of anilines is 2. The summed E-state index contributed by atoms with van der Waals surface area (Å²) in [6.07, 6.45) is 1.15. The molecule has 1 N–H and O–H groups in total. The first kappa shape index (κ1) is 21.2. The number of rotatable bonds is 4. The number of ether oxygens (including phenoxy) is 1. The zero-order chi connectivity index (χ0) is 21.0. The first-order chi connectivity index (χ1) is 13.7. The molecule has 0 bridgehead atoms. The highest BCUT2D eigenvalue weighted by Gasteiger charge is 2.23. The van der Waals surface area contributed by atoms with Crippen LogP contribution in [0, 0.1) is 18.2 Å². The fourth-order valence-corrected chi connectivity index (χ4v) is 3.53. The molecule has 2 aromatic rings. The normalized spacial score (nSPS) is 17.7. The summed E-state index contributed by atoms with van der Waals surface area (Å²) in [5.74, 6) is -0.0893. The molecule has 0 saturated carbocycles. The van der Waals surface area contributed by atoms with E-state index in [2.05, 4.69) is 22.4 Å². The van der Waals surface area contributed by atoms with Gasteiger partial charge in [0.15, 0.2) is 5.82 Å². The Hall–Kier alpha value is -2.47. The molecule has 1 aliphatic rings. The maximum absolute atomic E-state index is 14.8. The number of carbonyl (C=O) groups is 1. The van der Waals surface area contributed by atoms with Gasteiger partial charge in [0.25, 0.3) is 0 Å². The lowest BCUT2D eigenvalue weighted by molar-refractivity contribution is -0.117. The molecule has 0 aliphatic carbocycles. The summed E-state index contributed by atoms with van der Waals surface area (Å²) in [7, 11) is 0. The summed E-state index contributed by atoms with van der Waals surface area (Å²) in [6.45, 7) is 9.56. The van der Waals surface area contributed by atoms with Gasteiger partial charge in [-0.05, 0) is 24.3 Å². The maximum atomic E-state index is 14.8. The van der Waals surface area contributed by atoms with Crippen molar-refractivity contribution in [3.05, 3.63) is 53.5 Å². The Morgan fingerprint density at radius 1 is 1.28 bits per heavy atom. The van der Waals surface area contributed by atoms with E-state index in [4.69, 9.17) is 4.74 Å². The summed E-state index contributed by atoms with van der Waals surface area (Å²) < 4.78 is 20.8. The smallest absolute Gasteiger partial charge is 0.225 e. The molecule has 1 aliphatic heterocycles. The topological polar surface area (TPSA) is 54.5 Å². The Kier molecular flexibility index (Phi) is 6.52.